The van der Waals surface area contributed by atoms with Crippen LogP contribution in [0.3, 0.4) is 0 Å². The molecule has 0 atom stereocenters. The molecule has 1 aromatic heterocycles. The van der Waals surface area contributed by atoms with Crippen molar-refractivity contribution < 1.29 is 17.9 Å². The van der Waals surface area contributed by atoms with Crippen molar-refractivity contribution in [3.63, 3.8) is 0 Å². The molecule has 1 aromatic carbocycles. The van der Waals surface area contributed by atoms with E-state index in [1.54, 1.807) is 38.2 Å². The molecular weight excluding hydrogens is 366 g/mol. The van der Waals surface area contributed by atoms with Gasteiger partial charge in [-0.1, -0.05) is 26.0 Å². The Morgan fingerprint density at radius 2 is 1.89 bits per heavy atom. The highest BCUT2D eigenvalue weighted by atomic mass is 32.2. The first-order valence-electron chi connectivity index (χ1n) is 8.89. The molecule has 1 N–H and O–H groups in total. The Kier molecular flexibility index (Phi) is 7.32. The zero-order chi connectivity index (χ0) is 19.9. The van der Waals surface area contributed by atoms with E-state index in [1.165, 1.54) is 16.4 Å². The summed E-state index contributed by atoms with van der Waals surface area (Å²) >= 11 is 0. The van der Waals surface area contributed by atoms with Gasteiger partial charge >= 0.3 is 0 Å². The molecule has 1 amide bonds. The van der Waals surface area contributed by atoms with Crippen molar-refractivity contribution in [2.75, 3.05) is 19.7 Å². The lowest BCUT2D eigenvalue weighted by molar-refractivity contribution is 0.0950. The lowest BCUT2D eigenvalue weighted by atomic mass is 10.2. The third-order valence-corrected chi connectivity index (χ3v) is 6.06. The minimum atomic E-state index is -3.62. The number of nitrogens with one attached hydrogen (secondary N) is 1. The van der Waals surface area contributed by atoms with E-state index in [1.807, 2.05) is 13.0 Å². The number of carbonyl (C=O) groups is 1. The van der Waals surface area contributed by atoms with E-state index in [-0.39, 0.29) is 22.9 Å². The van der Waals surface area contributed by atoms with Gasteiger partial charge in [0, 0.05) is 37.0 Å². The van der Waals surface area contributed by atoms with Gasteiger partial charge in [-0.25, -0.2) is 13.4 Å². The van der Waals surface area contributed by atoms with Gasteiger partial charge in [-0.15, -0.1) is 0 Å². The zero-order valence-corrected chi connectivity index (χ0v) is 16.6. The van der Waals surface area contributed by atoms with Crippen LogP contribution in [0.25, 0.3) is 0 Å². The summed E-state index contributed by atoms with van der Waals surface area (Å²) in [5, 5.41) is 2.78. The standard InChI is InChI=1S/C19H25N3O4S/c1-4-22(5-2)27(24,25)17-11-7-9-15(13-17)18(23)21-14-16-10-8-12-20-19(16)26-6-3/h7-13H,4-6,14H2,1-3H3,(H,21,23). The first-order valence-corrected chi connectivity index (χ1v) is 10.3. The molecule has 146 valence electrons. The first kappa shape index (κ1) is 20.9. The number of nitrogens with zero attached hydrogens (tertiary/aromatic N) is 2. The second kappa shape index (κ2) is 9.48. The van der Waals surface area contributed by atoms with Gasteiger partial charge in [0.25, 0.3) is 5.91 Å². The number of pyridine rings is 1. The molecule has 0 saturated heterocycles. The van der Waals surface area contributed by atoms with Crippen LogP contribution in [0.5, 0.6) is 5.88 Å². The van der Waals surface area contributed by atoms with Gasteiger partial charge in [0.1, 0.15) is 0 Å². The molecule has 0 aliphatic heterocycles. The molecule has 0 saturated carbocycles. The number of sulfonamides is 1. The molecule has 2 aromatic rings. The van der Waals surface area contributed by atoms with Crippen molar-refractivity contribution in [1.82, 2.24) is 14.6 Å². The molecule has 2 rings (SSSR count). The van der Waals surface area contributed by atoms with Gasteiger partial charge in [-0.05, 0) is 31.2 Å². The molecule has 27 heavy (non-hydrogen) atoms. The van der Waals surface area contributed by atoms with Crippen LogP contribution >= 0.6 is 0 Å². The van der Waals surface area contributed by atoms with E-state index in [0.717, 1.165) is 5.56 Å². The fourth-order valence-electron chi connectivity index (χ4n) is 2.61. The Labute approximate surface area is 160 Å². The molecule has 0 aliphatic carbocycles. The monoisotopic (exact) mass is 391 g/mol. The minimum absolute atomic E-state index is 0.107. The normalized spacial score (nSPS) is 11.4. The van der Waals surface area contributed by atoms with E-state index >= 15 is 0 Å². The summed E-state index contributed by atoms with van der Waals surface area (Å²) in [7, 11) is -3.62. The average molecular weight is 391 g/mol. The molecule has 0 unspecified atom stereocenters. The van der Waals surface area contributed by atoms with Crippen LogP contribution in [0.4, 0.5) is 0 Å². The molecule has 0 spiro atoms. The summed E-state index contributed by atoms with van der Waals surface area (Å²) < 4.78 is 32.1. The number of rotatable bonds is 9. The summed E-state index contributed by atoms with van der Waals surface area (Å²) in [6, 6.07) is 9.64. The van der Waals surface area contributed by atoms with Crippen LogP contribution < -0.4 is 10.1 Å². The maximum atomic E-state index is 12.6. The summed E-state index contributed by atoms with van der Waals surface area (Å²) in [6.07, 6.45) is 1.62. The fraction of sp³-hybridized carbons (Fsp3) is 0.368. The predicted octanol–water partition coefficient (Wildman–Crippen LogP) is 2.44. The third-order valence-electron chi connectivity index (χ3n) is 4.01. The van der Waals surface area contributed by atoms with E-state index in [0.29, 0.717) is 25.6 Å². The molecule has 0 aliphatic rings. The summed E-state index contributed by atoms with van der Waals surface area (Å²) in [5.41, 5.74) is 1.03. The lowest BCUT2D eigenvalue weighted by Gasteiger charge is -2.18. The van der Waals surface area contributed by atoms with Gasteiger partial charge in [0.15, 0.2) is 0 Å². The summed E-state index contributed by atoms with van der Waals surface area (Å²) in [4.78, 5) is 16.7. The highest BCUT2D eigenvalue weighted by Crippen LogP contribution is 2.18. The molecule has 8 heteroatoms. The molecule has 0 radical (unpaired) electrons. The van der Waals surface area contributed by atoms with E-state index in [2.05, 4.69) is 10.3 Å². The van der Waals surface area contributed by atoms with Gasteiger partial charge in [0.2, 0.25) is 15.9 Å². The average Bonchev–Trinajstić information content (AvgIpc) is 2.68. The molecule has 7 nitrogen and oxygen atoms in total. The maximum Gasteiger partial charge on any atom is 0.251 e. The van der Waals surface area contributed by atoms with Crippen LogP contribution in [0, 0.1) is 0 Å². The highest BCUT2D eigenvalue weighted by Gasteiger charge is 2.22. The molecular formula is C19H25N3O4S. The molecule has 1 heterocycles. The number of amides is 1. The SMILES string of the molecule is CCOc1ncccc1CNC(=O)c1cccc(S(=O)(=O)N(CC)CC)c1. The van der Waals surface area contributed by atoms with Gasteiger partial charge in [0.05, 0.1) is 11.5 Å². The Balaban J connectivity index is 2.17. The number of hydrogen-bond donors (Lipinski definition) is 1. The van der Waals surface area contributed by atoms with Crippen LogP contribution in [-0.4, -0.2) is 43.3 Å². The predicted molar refractivity (Wildman–Crippen MR) is 103 cm³/mol. The molecule has 0 bridgehead atoms. The molecule has 0 fully saturated rings. The topological polar surface area (TPSA) is 88.6 Å². The van der Waals surface area contributed by atoms with Crippen LogP contribution in [0.1, 0.15) is 36.7 Å². The quantitative estimate of drug-likeness (QED) is 0.709. The smallest absolute Gasteiger partial charge is 0.251 e. The highest BCUT2D eigenvalue weighted by molar-refractivity contribution is 7.89. The van der Waals surface area contributed by atoms with Crippen molar-refractivity contribution >= 4 is 15.9 Å². The second-order valence-corrected chi connectivity index (χ2v) is 7.64. The Bertz CT molecular complexity index is 880. The Hall–Kier alpha value is -2.45. The van der Waals surface area contributed by atoms with Crippen molar-refractivity contribution in [3.05, 3.63) is 53.7 Å². The van der Waals surface area contributed by atoms with Gasteiger partial charge in [-0.2, -0.15) is 4.31 Å². The first-order chi connectivity index (χ1) is 12.9. The van der Waals surface area contributed by atoms with Crippen LogP contribution in [0.2, 0.25) is 0 Å². The fourth-order valence-corrected chi connectivity index (χ4v) is 4.12. The zero-order valence-electron chi connectivity index (χ0n) is 15.8. The van der Waals surface area contributed by atoms with Gasteiger partial charge < -0.3 is 10.1 Å². The van der Waals surface area contributed by atoms with Crippen molar-refractivity contribution in [2.45, 2.75) is 32.2 Å². The Morgan fingerprint density at radius 3 is 2.56 bits per heavy atom. The van der Waals surface area contributed by atoms with Crippen molar-refractivity contribution in [2.24, 2.45) is 0 Å². The number of carbonyl (C=O) groups excluding carboxylic acids is 1. The van der Waals surface area contributed by atoms with E-state index < -0.39 is 10.0 Å². The number of aromatic nitrogens is 1. The minimum Gasteiger partial charge on any atom is -0.478 e. The van der Waals surface area contributed by atoms with Crippen molar-refractivity contribution in [3.8, 4) is 5.88 Å². The number of hydrogen-bond acceptors (Lipinski definition) is 5. The van der Waals surface area contributed by atoms with Crippen molar-refractivity contribution in [1.29, 1.82) is 0 Å². The number of benzene rings is 1. The van der Waals surface area contributed by atoms with Crippen LogP contribution in [0.15, 0.2) is 47.5 Å². The van der Waals surface area contributed by atoms with E-state index in [9.17, 15) is 13.2 Å². The van der Waals surface area contributed by atoms with Crippen LogP contribution in [-0.2, 0) is 16.6 Å². The summed E-state index contributed by atoms with van der Waals surface area (Å²) in [5.74, 6) is 0.107. The Morgan fingerprint density at radius 1 is 1.15 bits per heavy atom. The second-order valence-electron chi connectivity index (χ2n) is 5.70. The van der Waals surface area contributed by atoms with Gasteiger partial charge in [-0.3, -0.25) is 4.79 Å². The maximum absolute atomic E-state index is 12.6. The lowest BCUT2D eigenvalue weighted by Crippen LogP contribution is -2.31. The largest absolute Gasteiger partial charge is 0.478 e. The van der Waals surface area contributed by atoms with E-state index in [4.69, 9.17) is 4.74 Å². The third kappa shape index (κ3) is 5.05. The summed E-state index contributed by atoms with van der Waals surface area (Å²) in [6.45, 7) is 6.87. The number of ether oxygens (including phenoxy) is 1.